The molecule has 136 valence electrons. The zero-order chi connectivity index (χ0) is 16.9. The maximum atomic E-state index is 12.4. The van der Waals surface area contributed by atoms with Crippen molar-refractivity contribution in [2.45, 2.75) is 12.8 Å². The summed E-state index contributed by atoms with van der Waals surface area (Å²) < 4.78 is 6.79. The first-order chi connectivity index (χ1) is 11.7. The minimum Gasteiger partial charge on any atom is -0.484 e. The van der Waals surface area contributed by atoms with E-state index in [4.69, 9.17) is 4.74 Å². The second kappa shape index (κ2) is 9.41. The van der Waals surface area contributed by atoms with E-state index in [1.165, 1.54) is 6.42 Å². The number of likely N-dealkylation sites (tertiary alicyclic amines) is 1. The molecular weight excluding hydrogens is 404 g/mol. The molecule has 1 N–H and O–H groups in total. The fraction of sp³-hybridized carbons (Fsp3) is 0.421. The highest BCUT2D eigenvalue weighted by Crippen LogP contribution is 2.24. The number of hydrogen-bond acceptors (Lipinski definition) is 3. The number of nitrogens with one attached hydrogen (secondary N) is 1. The minimum absolute atomic E-state index is 0. The Morgan fingerprint density at radius 1 is 1.28 bits per heavy atom. The molecule has 0 bridgehead atoms. The largest absolute Gasteiger partial charge is 0.484 e. The Kier molecular flexibility index (Phi) is 7.54. The molecule has 2 aromatic rings. The second-order valence-corrected chi connectivity index (χ2v) is 7.26. The summed E-state index contributed by atoms with van der Waals surface area (Å²) in [5, 5.41) is 5.46. The normalized spacial score (nSPS) is 17.2. The third-order valence-electron chi connectivity index (χ3n) is 4.50. The molecule has 1 saturated heterocycles. The molecule has 1 amide bonds. The Morgan fingerprint density at radius 3 is 2.84 bits per heavy atom. The van der Waals surface area contributed by atoms with Crippen molar-refractivity contribution in [3.63, 3.8) is 0 Å². The van der Waals surface area contributed by atoms with Gasteiger partial charge in [0.25, 0.3) is 5.91 Å². The molecule has 6 heteroatoms. The van der Waals surface area contributed by atoms with Crippen LogP contribution in [0.25, 0.3) is 10.8 Å². The van der Waals surface area contributed by atoms with Crippen LogP contribution in [0.5, 0.6) is 5.75 Å². The van der Waals surface area contributed by atoms with Gasteiger partial charge in [-0.2, -0.15) is 0 Å². The Labute approximate surface area is 163 Å². The van der Waals surface area contributed by atoms with Crippen molar-refractivity contribution in [3.8, 4) is 5.75 Å². The summed E-state index contributed by atoms with van der Waals surface area (Å²) >= 11 is 3.47. The summed E-state index contributed by atoms with van der Waals surface area (Å²) in [6.45, 7) is 2.74. The number of carbonyl (C=O) groups is 1. The van der Waals surface area contributed by atoms with Crippen molar-refractivity contribution in [2.24, 2.45) is 5.92 Å². The van der Waals surface area contributed by atoms with E-state index in [9.17, 15) is 4.79 Å². The van der Waals surface area contributed by atoms with Crippen LogP contribution in [0.2, 0.25) is 0 Å². The number of benzene rings is 2. The number of amides is 1. The van der Waals surface area contributed by atoms with E-state index in [2.05, 4.69) is 27.3 Å². The minimum atomic E-state index is 0. The van der Waals surface area contributed by atoms with Gasteiger partial charge in [-0.1, -0.05) is 28.1 Å². The molecule has 1 aliphatic heterocycles. The third-order valence-corrected chi connectivity index (χ3v) is 4.99. The molecule has 3 rings (SSSR count). The van der Waals surface area contributed by atoms with Crippen molar-refractivity contribution in [1.82, 2.24) is 10.2 Å². The van der Waals surface area contributed by atoms with Gasteiger partial charge >= 0.3 is 0 Å². The van der Waals surface area contributed by atoms with Gasteiger partial charge in [0.05, 0.1) is 0 Å². The number of halogens is 2. The van der Waals surface area contributed by atoms with Crippen LogP contribution in [0.1, 0.15) is 12.8 Å². The van der Waals surface area contributed by atoms with Crippen LogP contribution in [-0.4, -0.2) is 44.1 Å². The molecule has 1 aliphatic rings. The highest BCUT2D eigenvalue weighted by Gasteiger charge is 2.23. The van der Waals surface area contributed by atoms with E-state index < -0.39 is 0 Å². The fourth-order valence-electron chi connectivity index (χ4n) is 3.27. The van der Waals surface area contributed by atoms with Crippen LogP contribution in [0.15, 0.2) is 40.9 Å². The maximum Gasteiger partial charge on any atom is 0.260 e. The van der Waals surface area contributed by atoms with E-state index in [0.29, 0.717) is 5.92 Å². The van der Waals surface area contributed by atoms with E-state index in [1.807, 2.05) is 42.3 Å². The zero-order valence-electron chi connectivity index (χ0n) is 14.3. The molecule has 0 spiro atoms. The molecule has 0 aliphatic carbocycles. The predicted molar refractivity (Wildman–Crippen MR) is 108 cm³/mol. The van der Waals surface area contributed by atoms with Gasteiger partial charge in [-0.25, -0.2) is 0 Å². The first-order valence-corrected chi connectivity index (χ1v) is 9.19. The molecule has 2 aromatic carbocycles. The number of ether oxygens (including phenoxy) is 1. The van der Waals surface area contributed by atoms with Crippen molar-refractivity contribution >= 4 is 45.0 Å². The maximum absolute atomic E-state index is 12.4. The van der Waals surface area contributed by atoms with Crippen molar-refractivity contribution in [1.29, 1.82) is 0 Å². The van der Waals surface area contributed by atoms with E-state index in [1.54, 1.807) is 0 Å². The lowest BCUT2D eigenvalue weighted by molar-refractivity contribution is -0.135. The Balaban J connectivity index is 0.00000225. The quantitative estimate of drug-likeness (QED) is 0.788. The molecule has 0 saturated carbocycles. The number of piperidine rings is 1. The summed E-state index contributed by atoms with van der Waals surface area (Å²) in [5.74, 6) is 1.36. The summed E-state index contributed by atoms with van der Waals surface area (Å²) in [6, 6.07) is 12.0. The summed E-state index contributed by atoms with van der Waals surface area (Å²) in [5.41, 5.74) is 0. The molecule has 0 radical (unpaired) electrons. The predicted octanol–water partition coefficient (Wildman–Crippen LogP) is 3.86. The highest BCUT2D eigenvalue weighted by molar-refractivity contribution is 9.10. The van der Waals surface area contributed by atoms with E-state index in [-0.39, 0.29) is 24.9 Å². The first-order valence-electron chi connectivity index (χ1n) is 8.40. The van der Waals surface area contributed by atoms with Crippen LogP contribution >= 0.6 is 28.3 Å². The molecule has 1 atom stereocenters. The molecule has 0 aromatic heterocycles. The van der Waals surface area contributed by atoms with Gasteiger partial charge in [0.2, 0.25) is 0 Å². The summed E-state index contributed by atoms with van der Waals surface area (Å²) in [6.07, 6.45) is 2.26. The summed E-state index contributed by atoms with van der Waals surface area (Å²) in [7, 11) is 1.96. The average Bonchev–Trinajstić information content (AvgIpc) is 2.60. The first kappa shape index (κ1) is 20.0. The Bertz CT molecular complexity index is 724. The Morgan fingerprint density at radius 2 is 2.04 bits per heavy atom. The topological polar surface area (TPSA) is 41.6 Å². The van der Waals surface area contributed by atoms with Crippen LogP contribution < -0.4 is 10.1 Å². The SMILES string of the molecule is CNCC1CCCN(C(=O)COc2ccc3cc(Br)ccc3c2)C1.Cl. The van der Waals surface area contributed by atoms with Gasteiger partial charge in [-0.3, -0.25) is 4.79 Å². The van der Waals surface area contributed by atoms with E-state index in [0.717, 1.165) is 47.0 Å². The number of fused-ring (bicyclic) bond motifs is 1. The van der Waals surface area contributed by atoms with E-state index >= 15 is 0 Å². The molecule has 25 heavy (non-hydrogen) atoms. The van der Waals surface area contributed by atoms with Gasteiger partial charge in [0.1, 0.15) is 5.75 Å². The standard InChI is InChI=1S/C19H23BrN2O2.ClH/c1-21-11-14-3-2-8-22(12-14)19(23)13-24-18-7-5-15-9-17(20)6-4-16(15)10-18;/h4-7,9-10,14,21H,2-3,8,11-13H2,1H3;1H. The van der Waals surface area contributed by atoms with Crippen molar-refractivity contribution < 1.29 is 9.53 Å². The highest BCUT2D eigenvalue weighted by atomic mass is 79.9. The van der Waals surface area contributed by atoms with Crippen LogP contribution in [0.3, 0.4) is 0 Å². The second-order valence-electron chi connectivity index (χ2n) is 6.35. The number of rotatable bonds is 5. The fourth-order valence-corrected chi connectivity index (χ4v) is 3.65. The van der Waals surface area contributed by atoms with Gasteiger partial charge in [-0.05, 0) is 67.4 Å². The van der Waals surface area contributed by atoms with Crippen LogP contribution in [-0.2, 0) is 4.79 Å². The van der Waals surface area contributed by atoms with Gasteiger partial charge in [-0.15, -0.1) is 12.4 Å². The van der Waals surface area contributed by atoms with Gasteiger partial charge in [0.15, 0.2) is 6.61 Å². The van der Waals surface area contributed by atoms with Crippen molar-refractivity contribution in [2.75, 3.05) is 33.3 Å². The number of hydrogen-bond donors (Lipinski definition) is 1. The smallest absolute Gasteiger partial charge is 0.260 e. The van der Waals surface area contributed by atoms with Gasteiger partial charge < -0.3 is 15.0 Å². The van der Waals surface area contributed by atoms with Gasteiger partial charge in [0, 0.05) is 17.6 Å². The van der Waals surface area contributed by atoms with Crippen LogP contribution in [0, 0.1) is 5.92 Å². The molecule has 1 heterocycles. The monoisotopic (exact) mass is 426 g/mol. The lowest BCUT2D eigenvalue weighted by Crippen LogP contribution is -2.44. The lowest BCUT2D eigenvalue weighted by atomic mass is 9.98. The van der Waals surface area contributed by atoms with Crippen molar-refractivity contribution in [3.05, 3.63) is 40.9 Å². The molecular formula is C19H24BrClN2O2. The molecule has 4 nitrogen and oxygen atoms in total. The molecule has 1 unspecified atom stereocenters. The third kappa shape index (κ3) is 5.33. The lowest BCUT2D eigenvalue weighted by Gasteiger charge is -2.32. The van der Waals surface area contributed by atoms with Crippen LogP contribution in [0.4, 0.5) is 0 Å². The summed E-state index contributed by atoms with van der Waals surface area (Å²) in [4.78, 5) is 14.3. The Hall–Kier alpha value is -1.30. The zero-order valence-corrected chi connectivity index (χ0v) is 16.7. The number of carbonyl (C=O) groups excluding carboxylic acids is 1. The molecule has 1 fully saturated rings. The average molecular weight is 428 g/mol. The number of nitrogens with zero attached hydrogens (tertiary/aromatic N) is 1.